The van der Waals surface area contributed by atoms with E-state index in [2.05, 4.69) is 21.2 Å². The lowest BCUT2D eigenvalue weighted by Gasteiger charge is -2.30. The number of hydrogen-bond donors (Lipinski definition) is 1. The normalized spacial score (nSPS) is 26.9. The number of carbonyl (C=O) groups is 1. The fourth-order valence-corrected chi connectivity index (χ4v) is 5.05. The number of amides is 1. The Bertz CT molecular complexity index is 950. The maximum Gasteiger partial charge on any atom is 0.256 e. The molecule has 0 saturated carbocycles. The Balaban J connectivity index is 1.87. The Morgan fingerprint density at radius 3 is 2.74 bits per heavy atom. The lowest BCUT2D eigenvalue weighted by Crippen LogP contribution is -2.54. The Morgan fingerprint density at radius 2 is 2.07 bits per heavy atom. The third-order valence-corrected chi connectivity index (χ3v) is 6.26. The molecule has 0 aliphatic carbocycles. The number of halogens is 1. The zero-order chi connectivity index (χ0) is 19.3. The molecule has 2 aromatic rings. The average Bonchev–Trinajstić information content (AvgIpc) is 3.11. The number of nitro groups is 1. The molecule has 1 spiro atoms. The van der Waals surface area contributed by atoms with Crippen LogP contribution in [0.2, 0.25) is 0 Å². The minimum atomic E-state index is -1.32. The van der Waals surface area contributed by atoms with E-state index >= 15 is 0 Å². The number of methoxy groups -OCH3 is 1. The van der Waals surface area contributed by atoms with E-state index in [1.54, 1.807) is 32.4 Å². The smallest absolute Gasteiger partial charge is 0.256 e. The summed E-state index contributed by atoms with van der Waals surface area (Å²) >= 11 is 3.45. The molecule has 27 heavy (non-hydrogen) atoms. The molecule has 7 nitrogen and oxygen atoms in total. The first-order valence-corrected chi connectivity index (χ1v) is 9.29. The van der Waals surface area contributed by atoms with Crippen LogP contribution >= 0.6 is 15.9 Å². The van der Waals surface area contributed by atoms with E-state index in [0.717, 1.165) is 10.0 Å². The summed E-state index contributed by atoms with van der Waals surface area (Å²) in [5.74, 6) is -0.131. The van der Waals surface area contributed by atoms with Gasteiger partial charge in [-0.1, -0.05) is 24.3 Å². The molecule has 2 aliphatic rings. The molecular weight excluding hydrogens is 414 g/mol. The van der Waals surface area contributed by atoms with Crippen molar-refractivity contribution in [3.05, 3.63) is 68.2 Å². The molecule has 1 saturated heterocycles. The van der Waals surface area contributed by atoms with Crippen LogP contribution in [0.3, 0.4) is 0 Å². The van der Waals surface area contributed by atoms with Crippen molar-refractivity contribution in [2.75, 3.05) is 26.0 Å². The molecule has 0 aromatic heterocycles. The van der Waals surface area contributed by atoms with Crippen LogP contribution in [0, 0.1) is 10.1 Å². The summed E-state index contributed by atoms with van der Waals surface area (Å²) in [6.45, 7) is 0.395. The number of rotatable bonds is 3. The number of ether oxygens (including phenoxy) is 1. The number of nitrogens with one attached hydrogen (secondary N) is 1. The topological polar surface area (TPSA) is 84.7 Å². The maximum atomic E-state index is 13.0. The predicted molar refractivity (Wildman–Crippen MR) is 104 cm³/mol. The standard InChI is InChI=1S/C19H18BrN3O4/c1-22-10-12(11-7-8-16(27-2)14(20)9-11)17(23(25)26)19(22)13-5-3-4-6-15(13)21-18(19)24/h3-9,12,17H,10H2,1-2H3,(H,21,24)/t12-,17+,19+/m0/s1. The van der Waals surface area contributed by atoms with E-state index in [-0.39, 0.29) is 10.8 Å². The second kappa shape index (κ2) is 6.31. The highest BCUT2D eigenvalue weighted by atomic mass is 79.9. The molecule has 1 amide bonds. The van der Waals surface area contributed by atoms with Crippen molar-refractivity contribution in [2.45, 2.75) is 17.5 Å². The van der Waals surface area contributed by atoms with E-state index in [0.29, 0.717) is 23.5 Å². The first kappa shape index (κ1) is 17.9. The number of anilines is 1. The van der Waals surface area contributed by atoms with Gasteiger partial charge in [-0.3, -0.25) is 19.8 Å². The van der Waals surface area contributed by atoms with Gasteiger partial charge in [0.1, 0.15) is 5.75 Å². The van der Waals surface area contributed by atoms with Gasteiger partial charge in [-0.25, -0.2) is 0 Å². The molecule has 140 valence electrons. The van der Waals surface area contributed by atoms with Crippen molar-refractivity contribution in [3.8, 4) is 5.75 Å². The van der Waals surface area contributed by atoms with Crippen LogP contribution in [0.25, 0.3) is 0 Å². The molecule has 3 atom stereocenters. The summed E-state index contributed by atoms with van der Waals surface area (Å²) in [7, 11) is 3.34. The van der Waals surface area contributed by atoms with Gasteiger partial charge in [0.2, 0.25) is 0 Å². The predicted octanol–water partition coefficient (Wildman–Crippen LogP) is 2.98. The maximum absolute atomic E-state index is 13.0. The van der Waals surface area contributed by atoms with E-state index in [1.807, 2.05) is 29.2 Å². The number of likely N-dealkylation sites (N-methyl/N-ethyl adjacent to an activating group) is 1. The van der Waals surface area contributed by atoms with Crippen LogP contribution in [0.15, 0.2) is 46.9 Å². The van der Waals surface area contributed by atoms with Gasteiger partial charge in [0, 0.05) is 22.7 Å². The summed E-state index contributed by atoms with van der Waals surface area (Å²) in [5.41, 5.74) is 0.772. The van der Waals surface area contributed by atoms with E-state index in [9.17, 15) is 14.9 Å². The largest absolute Gasteiger partial charge is 0.496 e. The quantitative estimate of drug-likeness (QED) is 0.596. The molecule has 0 radical (unpaired) electrons. The van der Waals surface area contributed by atoms with Crippen LogP contribution in [-0.4, -0.2) is 42.5 Å². The average molecular weight is 432 g/mol. The Kier molecular flexibility index (Phi) is 4.20. The summed E-state index contributed by atoms with van der Waals surface area (Å²) < 4.78 is 5.99. The number of likely N-dealkylation sites (tertiary alicyclic amines) is 1. The summed E-state index contributed by atoms with van der Waals surface area (Å²) in [5, 5.41) is 15.1. The molecule has 1 fully saturated rings. The number of hydrogen-bond acceptors (Lipinski definition) is 5. The third kappa shape index (κ3) is 2.40. The summed E-state index contributed by atoms with van der Waals surface area (Å²) in [4.78, 5) is 26.8. The van der Waals surface area contributed by atoms with Crippen LogP contribution in [0.4, 0.5) is 5.69 Å². The lowest BCUT2D eigenvalue weighted by molar-refractivity contribution is -0.534. The molecule has 4 rings (SSSR count). The molecule has 0 unspecified atom stereocenters. The van der Waals surface area contributed by atoms with Gasteiger partial charge in [-0.05, 0) is 46.7 Å². The fourth-order valence-electron chi connectivity index (χ4n) is 4.49. The first-order valence-electron chi connectivity index (χ1n) is 8.50. The zero-order valence-corrected chi connectivity index (χ0v) is 16.4. The SMILES string of the molecule is COc1ccc([C@@H]2CN(C)[C@@]3(C(=O)Nc4ccccc43)[C@@H]2[N+](=O)[O-])cc1Br. The fraction of sp³-hybridized carbons (Fsp3) is 0.316. The van der Waals surface area contributed by atoms with E-state index < -0.39 is 17.5 Å². The first-order chi connectivity index (χ1) is 12.9. The monoisotopic (exact) mass is 431 g/mol. The molecule has 2 aromatic carbocycles. The van der Waals surface area contributed by atoms with Gasteiger partial charge in [0.25, 0.3) is 11.9 Å². The second-order valence-electron chi connectivity index (χ2n) is 6.88. The van der Waals surface area contributed by atoms with E-state index in [1.165, 1.54) is 0 Å². The molecule has 8 heteroatoms. The molecule has 1 N–H and O–H groups in total. The van der Waals surface area contributed by atoms with Crippen molar-refractivity contribution in [1.29, 1.82) is 0 Å². The van der Waals surface area contributed by atoms with Crippen LogP contribution < -0.4 is 10.1 Å². The van der Waals surface area contributed by atoms with Crippen LogP contribution in [0.1, 0.15) is 17.0 Å². The third-order valence-electron chi connectivity index (χ3n) is 5.65. The zero-order valence-electron chi connectivity index (χ0n) is 14.8. The molecule has 2 aliphatic heterocycles. The van der Waals surface area contributed by atoms with Crippen molar-refractivity contribution in [2.24, 2.45) is 0 Å². The van der Waals surface area contributed by atoms with Crippen molar-refractivity contribution >= 4 is 27.5 Å². The lowest BCUT2D eigenvalue weighted by atomic mass is 9.79. The highest BCUT2D eigenvalue weighted by molar-refractivity contribution is 9.10. The van der Waals surface area contributed by atoms with Gasteiger partial charge in [0.05, 0.1) is 17.5 Å². The minimum absolute atomic E-state index is 0.312. The van der Waals surface area contributed by atoms with Gasteiger partial charge in [-0.15, -0.1) is 0 Å². The number of carbonyl (C=O) groups excluding carboxylic acids is 1. The summed E-state index contributed by atoms with van der Waals surface area (Å²) in [6.07, 6.45) is 0. The number of benzene rings is 2. The summed E-state index contributed by atoms with van der Waals surface area (Å²) in [6, 6.07) is 11.5. The number of fused-ring (bicyclic) bond motifs is 2. The molecule has 2 heterocycles. The minimum Gasteiger partial charge on any atom is -0.496 e. The second-order valence-corrected chi connectivity index (χ2v) is 7.73. The van der Waals surface area contributed by atoms with Crippen molar-refractivity contribution in [1.82, 2.24) is 4.90 Å². The molecular formula is C19H18BrN3O4. The number of nitrogens with zero attached hydrogens (tertiary/aromatic N) is 2. The van der Waals surface area contributed by atoms with Crippen molar-refractivity contribution in [3.63, 3.8) is 0 Å². The highest BCUT2D eigenvalue weighted by Gasteiger charge is 2.68. The Labute approximate surface area is 164 Å². The molecule has 0 bridgehead atoms. The van der Waals surface area contributed by atoms with Gasteiger partial charge in [-0.2, -0.15) is 0 Å². The number of para-hydroxylation sites is 1. The van der Waals surface area contributed by atoms with Gasteiger partial charge < -0.3 is 10.1 Å². The van der Waals surface area contributed by atoms with E-state index in [4.69, 9.17) is 4.74 Å². The van der Waals surface area contributed by atoms with Gasteiger partial charge in [0.15, 0.2) is 5.54 Å². The van der Waals surface area contributed by atoms with Crippen LogP contribution in [-0.2, 0) is 10.3 Å². The van der Waals surface area contributed by atoms with Crippen molar-refractivity contribution < 1.29 is 14.5 Å². The highest BCUT2D eigenvalue weighted by Crippen LogP contribution is 2.52. The Morgan fingerprint density at radius 1 is 1.33 bits per heavy atom. The van der Waals surface area contributed by atoms with Crippen LogP contribution in [0.5, 0.6) is 5.75 Å². The Hall–Kier alpha value is -2.45. The van der Waals surface area contributed by atoms with Gasteiger partial charge >= 0.3 is 0 Å².